The molecule has 1 aromatic heterocycles. The van der Waals surface area contributed by atoms with Gasteiger partial charge >= 0.3 is 0 Å². The van der Waals surface area contributed by atoms with E-state index in [9.17, 15) is 4.79 Å². The fourth-order valence-corrected chi connectivity index (χ4v) is 2.82. The Balaban J connectivity index is 1.94. The molecule has 0 bridgehead atoms. The van der Waals surface area contributed by atoms with Crippen molar-refractivity contribution in [3.63, 3.8) is 0 Å². The maximum absolute atomic E-state index is 12.8. The molecule has 2 heterocycles. The lowest BCUT2D eigenvalue weighted by atomic mass is 9.99. The summed E-state index contributed by atoms with van der Waals surface area (Å²) in [5.74, 6) is -0.0120. The normalized spacial score (nSPS) is 14.8. The van der Waals surface area contributed by atoms with Crippen molar-refractivity contribution in [1.29, 1.82) is 0 Å². The molecule has 0 saturated heterocycles. The van der Waals surface area contributed by atoms with Crippen molar-refractivity contribution >= 4 is 17.3 Å². The van der Waals surface area contributed by atoms with Gasteiger partial charge in [0, 0.05) is 24.1 Å². The van der Waals surface area contributed by atoms with Crippen molar-refractivity contribution in [2.45, 2.75) is 39.2 Å². The summed E-state index contributed by atoms with van der Waals surface area (Å²) >= 11 is 0. The van der Waals surface area contributed by atoms with Gasteiger partial charge in [-0.15, -0.1) is 0 Å². The largest absolute Gasteiger partial charge is 0.398 e. The van der Waals surface area contributed by atoms with Crippen LogP contribution < -0.4 is 10.6 Å². The molecule has 5 heteroatoms. The van der Waals surface area contributed by atoms with Crippen LogP contribution in [0.3, 0.4) is 0 Å². The van der Waals surface area contributed by atoms with Crippen LogP contribution in [0.15, 0.2) is 30.6 Å². The van der Waals surface area contributed by atoms with Gasteiger partial charge in [-0.05, 0) is 51.3 Å². The monoisotopic (exact) mass is 298 g/mol. The molecule has 0 radical (unpaired) electrons. The Hall–Kier alpha value is -2.30. The van der Waals surface area contributed by atoms with E-state index in [1.54, 1.807) is 6.20 Å². The minimum Gasteiger partial charge on any atom is -0.398 e. The molecule has 0 saturated carbocycles. The van der Waals surface area contributed by atoms with E-state index in [0.29, 0.717) is 5.56 Å². The van der Waals surface area contributed by atoms with E-state index in [-0.39, 0.29) is 11.4 Å². The Labute approximate surface area is 130 Å². The van der Waals surface area contributed by atoms with Crippen molar-refractivity contribution in [3.8, 4) is 0 Å². The molecule has 5 nitrogen and oxygen atoms in total. The zero-order valence-electron chi connectivity index (χ0n) is 13.3. The molecule has 2 N–H and O–H groups in total. The number of nitrogens with zero attached hydrogens (tertiary/aromatic N) is 3. The van der Waals surface area contributed by atoms with Crippen LogP contribution in [0.1, 0.15) is 43.1 Å². The Bertz CT molecular complexity index is 712. The maximum atomic E-state index is 12.8. The molecule has 1 amide bonds. The van der Waals surface area contributed by atoms with E-state index in [4.69, 9.17) is 5.73 Å². The first-order valence-electron chi connectivity index (χ1n) is 7.62. The molecular weight excluding hydrogens is 276 g/mol. The van der Waals surface area contributed by atoms with E-state index in [0.717, 1.165) is 36.3 Å². The van der Waals surface area contributed by atoms with Gasteiger partial charge in [0.15, 0.2) is 0 Å². The number of amides is 1. The highest BCUT2D eigenvalue weighted by Crippen LogP contribution is 2.32. The van der Waals surface area contributed by atoms with Crippen LogP contribution in [-0.4, -0.2) is 22.2 Å². The van der Waals surface area contributed by atoms with Gasteiger partial charge in [0.2, 0.25) is 0 Å². The molecule has 2 aromatic rings. The first kappa shape index (κ1) is 14.6. The number of rotatable bonds is 1. The molecule has 0 aliphatic carbocycles. The van der Waals surface area contributed by atoms with Gasteiger partial charge in [-0.2, -0.15) is 5.10 Å². The number of nitrogen functional groups attached to an aromatic ring is 1. The average molecular weight is 298 g/mol. The molecule has 3 rings (SSSR count). The van der Waals surface area contributed by atoms with E-state index in [2.05, 4.69) is 25.9 Å². The van der Waals surface area contributed by atoms with Gasteiger partial charge in [-0.1, -0.05) is 6.07 Å². The molecular formula is C17H22N4O. The Kier molecular flexibility index (Phi) is 3.43. The smallest absolute Gasteiger partial charge is 0.261 e. The molecule has 0 unspecified atom stereocenters. The minimum absolute atomic E-state index is 0.0120. The van der Waals surface area contributed by atoms with Crippen LogP contribution in [-0.2, 0) is 12.0 Å². The number of benzene rings is 1. The molecule has 1 aliphatic rings. The first-order valence-corrected chi connectivity index (χ1v) is 7.62. The lowest BCUT2D eigenvalue weighted by Gasteiger charge is -2.30. The Morgan fingerprint density at radius 1 is 1.32 bits per heavy atom. The van der Waals surface area contributed by atoms with Crippen LogP contribution in [0, 0.1) is 0 Å². The summed E-state index contributed by atoms with van der Waals surface area (Å²) in [5.41, 5.74) is 9.30. The van der Waals surface area contributed by atoms with Crippen LogP contribution in [0.5, 0.6) is 0 Å². The van der Waals surface area contributed by atoms with E-state index >= 15 is 0 Å². The number of hydrogen-bond acceptors (Lipinski definition) is 3. The van der Waals surface area contributed by atoms with Crippen molar-refractivity contribution in [2.24, 2.45) is 0 Å². The van der Waals surface area contributed by atoms with Gasteiger partial charge in [-0.3, -0.25) is 9.48 Å². The number of carbonyl (C=O) groups is 1. The lowest BCUT2D eigenvalue weighted by Crippen LogP contribution is -2.35. The molecule has 1 aliphatic heterocycles. The third-order valence-corrected chi connectivity index (χ3v) is 4.05. The van der Waals surface area contributed by atoms with Gasteiger partial charge in [0.25, 0.3) is 5.91 Å². The third-order valence-electron chi connectivity index (χ3n) is 4.05. The summed E-state index contributed by atoms with van der Waals surface area (Å²) in [7, 11) is 0. The zero-order chi connectivity index (χ0) is 15.9. The van der Waals surface area contributed by atoms with Crippen LogP contribution in [0.25, 0.3) is 0 Å². The second kappa shape index (κ2) is 5.16. The van der Waals surface area contributed by atoms with E-state index in [1.165, 1.54) is 0 Å². The van der Waals surface area contributed by atoms with Gasteiger partial charge in [0.1, 0.15) is 0 Å². The molecule has 0 fully saturated rings. The van der Waals surface area contributed by atoms with Crippen molar-refractivity contribution < 1.29 is 4.79 Å². The van der Waals surface area contributed by atoms with Gasteiger partial charge < -0.3 is 10.6 Å². The summed E-state index contributed by atoms with van der Waals surface area (Å²) in [6.45, 7) is 6.90. The summed E-state index contributed by atoms with van der Waals surface area (Å²) < 4.78 is 1.82. The highest BCUT2D eigenvalue weighted by Gasteiger charge is 2.26. The molecule has 1 aromatic carbocycles. The number of carbonyl (C=O) groups excluding carboxylic acids is 1. The van der Waals surface area contributed by atoms with E-state index < -0.39 is 0 Å². The quantitative estimate of drug-likeness (QED) is 0.823. The second-order valence-electron chi connectivity index (χ2n) is 6.75. The maximum Gasteiger partial charge on any atom is 0.261 e. The third kappa shape index (κ3) is 2.47. The highest BCUT2D eigenvalue weighted by molar-refractivity contribution is 6.06. The molecule has 0 atom stereocenters. The topological polar surface area (TPSA) is 64.2 Å². The van der Waals surface area contributed by atoms with Crippen molar-refractivity contribution in [1.82, 2.24) is 9.78 Å². The van der Waals surface area contributed by atoms with Gasteiger partial charge in [-0.25, -0.2) is 0 Å². The predicted octanol–water partition coefficient (Wildman–Crippen LogP) is 2.81. The van der Waals surface area contributed by atoms with E-state index in [1.807, 2.05) is 34.0 Å². The average Bonchev–Trinajstić information content (AvgIpc) is 2.96. The first-order chi connectivity index (χ1) is 10.4. The number of aromatic nitrogens is 2. The fourth-order valence-electron chi connectivity index (χ4n) is 2.82. The van der Waals surface area contributed by atoms with Gasteiger partial charge in [0.05, 0.1) is 17.3 Å². The summed E-state index contributed by atoms with van der Waals surface area (Å²) in [6.07, 6.45) is 5.32. The highest BCUT2D eigenvalue weighted by atomic mass is 16.2. The number of anilines is 2. The summed E-state index contributed by atoms with van der Waals surface area (Å²) in [4.78, 5) is 14.7. The fraction of sp³-hybridized carbons (Fsp3) is 0.412. The van der Waals surface area contributed by atoms with Crippen LogP contribution in [0.2, 0.25) is 0 Å². The van der Waals surface area contributed by atoms with Crippen molar-refractivity contribution in [2.75, 3.05) is 17.2 Å². The lowest BCUT2D eigenvalue weighted by molar-refractivity contribution is 0.0985. The summed E-state index contributed by atoms with van der Waals surface area (Å²) in [5, 5.41) is 4.32. The number of nitrogens with two attached hydrogens (primary N) is 1. The SMILES string of the molecule is CC(C)(C)n1cc(C(=O)N2CCCc3c(N)cccc32)cn1. The predicted molar refractivity (Wildman–Crippen MR) is 88.1 cm³/mol. The standard InChI is InChI=1S/C17H22N4O/c1-17(2,3)21-11-12(10-19-21)16(22)20-9-5-6-13-14(18)7-4-8-15(13)20/h4,7-8,10-11H,5-6,9,18H2,1-3H3. The Morgan fingerprint density at radius 3 is 2.77 bits per heavy atom. The zero-order valence-corrected chi connectivity index (χ0v) is 13.3. The molecule has 22 heavy (non-hydrogen) atoms. The Morgan fingerprint density at radius 2 is 2.09 bits per heavy atom. The minimum atomic E-state index is -0.136. The molecule has 0 spiro atoms. The molecule has 116 valence electrons. The van der Waals surface area contributed by atoms with Crippen LogP contribution >= 0.6 is 0 Å². The summed E-state index contributed by atoms with van der Waals surface area (Å²) in [6, 6.07) is 5.76. The number of hydrogen-bond donors (Lipinski definition) is 1. The second-order valence-corrected chi connectivity index (χ2v) is 6.75. The van der Waals surface area contributed by atoms with Crippen LogP contribution in [0.4, 0.5) is 11.4 Å². The van der Waals surface area contributed by atoms with Crippen molar-refractivity contribution in [3.05, 3.63) is 41.7 Å². The number of fused-ring (bicyclic) bond motifs is 1.